The summed E-state index contributed by atoms with van der Waals surface area (Å²) >= 11 is -1.94. The average Bonchev–Trinajstić information content (AvgIpc) is 1.83. The molecule has 0 radical (unpaired) electrons. The summed E-state index contributed by atoms with van der Waals surface area (Å²) in [5, 5.41) is 19.3. The van der Waals surface area contributed by atoms with Crippen LogP contribution in [0.3, 0.4) is 0 Å². The van der Waals surface area contributed by atoms with Crippen LogP contribution in [-0.2, 0) is 23.8 Å². The molecule has 77 valence electrons. The molecule has 8 heteroatoms. The molecule has 0 N–H and O–H groups in total. The third kappa shape index (κ3) is 32.6. The van der Waals surface area contributed by atoms with E-state index >= 15 is 0 Å². The second-order valence-electron chi connectivity index (χ2n) is 1.77. The van der Waals surface area contributed by atoms with Gasteiger partial charge in [0.2, 0.25) is 0 Å². The van der Waals surface area contributed by atoms with Gasteiger partial charge in [-0.2, -0.15) is 0 Å². The number of hydrogen-bond acceptors (Lipinski definition) is 4. The van der Waals surface area contributed by atoms with Gasteiger partial charge >= 0.3 is 42.4 Å². The fraction of sp³-hybridized carbons (Fsp3) is 0.600. The number of carbonyl (C=O) groups excluding carboxylic acids is 2. The van der Waals surface area contributed by atoms with E-state index < -0.39 is 26.1 Å². The van der Waals surface area contributed by atoms with E-state index in [-0.39, 0.29) is 19.3 Å². The van der Waals surface area contributed by atoms with E-state index in [1.807, 2.05) is 0 Å². The molecule has 0 aliphatic rings. The third-order valence-corrected chi connectivity index (χ3v) is 0.762. The maximum atomic E-state index is 9.66. The van der Waals surface area contributed by atoms with Crippen molar-refractivity contribution in [2.24, 2.45) is 0 Å². The Morgan fingerprint density at radius 3 is 1.38 bits per heavy atom. The molecule has 0 unspecified atom stereocenters. The van der Waals surface area contributed by atoms with E-state index in [0.29, 0.717) is 0 Å². The molecule has 0 saturated carbocycles. The summed E-state index contributed by atoms with van der Waals surface area (Å²) in [5.74, 6) is -2.45. The van der Waals surface area contributed by atoms with Crippen LogP contribution in [0.1, 0.15) is 19.3 Å². The number of aliphatic carboxylic acids is 2. The van der Waals surface area contributed by atoms with Crippen molar-refractivity contribution in [3.63, 3.8) is 0 Å². The van der Waals surface area contributed by atoms with Crippen LogP contribution in [-0.4, -0.2) is 11.9 Å². The van der Waals surface area contributed by atoms with Crippen LogP contribution in [0.5, 0.6) is 0 Å². The quantitative estimate of drug-likeness (QED) is 0.663. The zero-order valence-electron chi connectivity index (χ0n) is 6.30. The van der Waals surface area contributed by atoms with Crippen molar-refractivity contribution in [1.82, 2.24) is 0 Å². The summed E-state index contributed by atoms with van der Waals surface area (Å²) in [6.45, 7) is 0. The first-order valence-electron chi connectivity index (χ1n) is 2.99. The number of rotatable bonds is 4. The Balaban J connectivity index is 0. The van der Waals surface area contributed by atoms with Crippen LogP contribution in [0, 0.1) is 0 Å². The number of halogens is 3. The molecular weight excluding hydrogens is 326 g/mol. The summed E-state index contributed by atoms with van der Waals surface area (Å²) in [7, 11) is 14.9. The molecule has 0 spiro atoms. The summed E-state index contributed by atoms with van der Waals surface area (Å²) in [4.78, 5) is 19.3. The molecule has 0 bridgehead atoms. The summed E-state index contributed by atoms with van der Waals surface area (Å²) in [6.07, 6.45) is -0.341. The molecule has 0 aliphatic heterocycles. The van der Waals surface area contributed by atoms with Gasteiger partial charge in [-0.3, -0.25) is 0 Å². The first kappa shape index (κ1) is 15.9. The van der Waals surface area contributed by atoms with Crippen molar-refractivity contribution in [3.05, 3.63) is 0 Å². The minimum atomic E-state index is -1.94. The zero-order valence-corrected chi connectivity index (χ0v) is 10.6. The number of carbonyl (C=O) groups is 2. The summed E-state index contributed by atoms with van der Waals surface area (Å²) in [5.41, 5.74) is 0. The minimum absolute atomic E-state index is 0.0880. The summed E-state index contributed by atoms with van der Waals surface area (Å²) < 4.78 is 0. The molecule has 0 rings (SSSR count). The molecule has 0 aromatic carbocycles. The molecule has 0 heterocycles. The normalized spacial score (nSPS) is 8.23. The number of carboxylic acids is 2. The van der Waals surface area contributed by atoms with Crippen molar-refractivity contribution < 1.29 is 34.0 Å². The Morgan fingerprint density at radius 1 is 1.00 bits per heavy atom. The van der Waals surface area contributed by atoms with Gasteiger partial charge in [-0.1, -0.05) is 0 Å². The van der Waals surface area contributed by atoms with Gasteiger partial charge in [-0.05, 0) is 19.3 Å². The fourth-order valence-corrected chi connectivity index (χ4v) is 0.377. The molecule has 4 nitrogen and oxygen atoms in total. The Labute approximate surface area is 93.1 Å². The van der Waals surface area contributed by atoms with Gasteiger partial charge in [0.15, 0.2) is 0 Å². The molecule has 0 aromatic rings. The van der Waals surface area contributed by atoms with Crippen LogP contribution < -0.4 is 10.2 Å². The second kappa shape index (κ2) is 10.6. The molecule has 0 aromatic heterocycles. The van der Waals surface area contributed by atoms with Crippen molar-refractivity contribution in [2.75, 3.05) is 0 Å². The van der Waals surface area contributed by atoms with Crippen LogP contribution >= 0.6 is 28.3 Å². The number of hydrogen-bond donors (Lipinski definition) is 0. The molecular formula is C5H6Cl3MoO4. The average molecular weight is 332 g/mol. The third-order valence-electron chi connectivity index (χ3n) is 0.762. The summed E-state index contributed by atoms with van der Waals surface area (Å²) in [6, 6.07) is 0. The fourth-order valence-electron chi connectivity index (χ4n) is 0.377. The van der Waals surface area contributed by atoms with Gasteiger partial charge < -0.3 is 19.8 Å². The van der Waals surface area contributed by atoms with Gasteiger partial charge in [-0.25, -0.2) is 0 Å². The van der Waals surface area contributed by atoms with Crippen molar-refractivity contribution in [1.29, 1.82) is 0 Å². The second-order valence-corrected chi connectivity index (χ2v) is 10.9. The van der Waals surface area contributed by atoms with Crippen molar-refractivity contribution in [2.45, 2.75) is 19.3 Å². The molecule has 0 amide bonds. The van der Waals surface area contributed by atoms with Gasteiger partial charge in [0.1, 0.15) is 0 Å². The van der Waals surface area contributed by atoms with E-state index in [1.54, 1.807) is 0 Å². The van der Waals surface area contributed by atoms with E-state index in [9.17, 15) is 19.8 Å². The molecule has 0 fully saturated rings. The zero-order chi connectivity index (χ0) is 10.9. The van der Waals surface area contributed by atoms with Gasteiger partial charge in [0.05, 0.1) is 0 Å². The molecule has 0 aliphatic carbocycles. The topological polar surface area (TPSA) is 80.3 Å². The van der Waals surface area contributed by atoms with Gasteiger partial charge in [0, 0.05) is 11.9 Å². The van der Waals surface area contributed by atoms with E-state index in [1.165, 1.54) is 0 Å². The standard InChI is InChI=1S/C5H8O4.3ClH.Mo/c6-4(7)2-1-3-5(8)9;;;;/h1-3H2,(H,6,7)(H,8,9);3*1H;/q;;;;+5/p-5. The predicted octanol–water partition coefficient (Wildman–Crippen LogP) is -0.278. The SMILES string of the molecule is O=C([O-])CCCC(=O)[O-].[Cl][Mo+2]([Cl])[Cl]. The van der Waals surface area contributed by atoms with Crippen molar-refractivity contribution >= 4 is 40.2 Å². The van der Waals surface area contributed by atoms with Crippen LogP contribution in [0.4, 0.5) is 0 Å². The Bertz CT molecular complexity index is 147. The van der Waals surface area contributed by atoms with E-state index in [2.05, 4.69) is 0 Å². The maximum absolute atomic E-state index is 9.66. The molecule has 13 heavy (non-hydrogen) atoms. The first-order valence-corrected chi connectivity index (χ1v) is 10.7. The predicted molar refractivity (Wildman–Crippen MR) is 41.4 cm³/mol. The van der Waals surface area contributed by atoms with Crippen LogP contribution in [0.25, 0.3) is 0 Å². The van der Waals surface area contributed by atoms with Crippen molar-refractivity contribution in [3.8, 4) is 0 Å². The Kier molecular flexibility index (Phi) is 13.0. The number of carboxylic acid groups (broad SMARTS) is 2. The molecule has 0 saturated heterocycles. The van der Waals surface area contributed by atoms with Crippen LogP contribution in [0.2, 0.25) is 0 Å². The van der Waals surface area contributed by atoms with Crippen LogP contribution in [0.15, 0.2) is 0 Å². The molecule has 0 atom stereocenters. The monoisotopic (exact) mass is 333 g/mol. The van der Waals surface area contributed by atoms with Gasteiger partial charge in [-0.15, -0.1) is 0 Å². The van der Waals surface area contributed by atoms with E-state index in [0.717, 1.165) is 0 Å². The Morgan fingerprint density at radius 2 is 1.23 bits per heavy atom. The van der Waals surface area contributed by atoms with Gasteiger partial charge in [0.25, 0.3) is 0 Å². The van der Waals surface area contributed by atoms with E-state index in [4.69, 9.17) is 28.3 Å². The first-order chi connectivity index (χ1) is 5.86. The Hall–Kier alpha value is 0.498.